The second kappa shape index (κ2) is 6.48. The molecule has 0 bridgehead atoms. The molecule has 0 aliphatic carbocycles. The number of nitrogens with one attached hydrogen (secondary N) is 1. The summed E-state index contributed by atoms with van der Waals surface area (Å²) in [6.07, 6.45) is 0. The SMILES string of the molecule is Nc1nc(NCc2ccccc2)n(S(=O)(=O)c2ccc(F)cc2F)n1. The van der Waals surface area contributed by atoms with E-state index in [0.717, 1.165) is 17.7 Å². The number of nitrogen functional groups attached to an aromatic ring is 1. The Kier molecular flexibility index (Phi) is 4.36. The van der Waals surface area contributed by atoms with E-state index in [2.05, 4.69) is 15.4 Å². The number of anilines is 2. The molecule has 0 aliphatic heterocycles. The fraction of sp³-hybridized carbons (Fsp3) is 0.0667. The number of hydrogen-bond donors (Lipinski definition) is 2. The Bertz CT molecular complexity index is 1010. The van der Waals surface area contributed by atoms with E-state index in [-0.39, 0.29) is 18.4 Å². The van der Waals surface area contributed by atoms with Gasteiger partial charge >= 0.3 is 0 Å². The zero-order valence-corrected chi connectivity index (χ0v) is 13.5. The van der Waals surface area contributed by atoms with Gasteiger partial charge in [-0.25, -0.2) is 8.78 Å². The van der Waals surface area contributed by atoms with E-state index in [0.29, 0.717) is 10.2 Å². The Morgan fingerprint density at radius 1 is 1.12 bits per heavy atom. The first-order valence-electron chi connectivity index (χ1n) is 7.09. The third-order valence-electron chi connectivity index (χ3n) is 3.29. The van der Waals surface area contributed by atoms with Crippen molar-refractivity contribution < 1.29 is 17.2 Å². The lowest BCUT2D eigenvalue weighted by Gasteiger charge is -2.09. The summed E-state index contributed by atoms with van der Waals surface area (Å²) in [5, 5.41) is 6.40. The Morgan fingerprint density at radius 3 is 2.52 bits per heavy atom. The average molecular weight is 365 g/mol. The summed E-state index contributed by atoms with van der Waals surface area (Å²) in [4.78, 5) is 3.07. The van der Waals surface area contributed by atoms with Crippen LogP contribution < -0.4 is 11.1 Å². The Balaban J connectivity index is 1.96. The molecule has 25 heavy (non-hydrogen) atoms. The first kappa shape index (κ1) is 16.8. The fourth-order valence-electron chi connectivity index (χ4n) is 2.14. The van der Waals surface area contributed by atoms with E-state index in [1.165, 1.54) is 0 Å². The van der Waals surface area contributed by atoms with Crippen LogP contribution in [0.5, 0.6) is 0 Å². The van der Waals surface area contributed by atoms with Gasteiger partial charge in [0.2, 0.25) is 11.9 Å². The highest BCUT2D eigenvalue weighted by atomic mass is 32.2. The van der Waals surface area contributed by atoms with Gasteiger partial charge < -0.3 is 11.1 Å². The molecule has 3 N–H and O–H groups in total. The zero-order valence-electron chi connectivity index (χ0n) is 12.7. The van der Waals surface area contributed by atoms with Gasteiger partial charge in [-0.1, -0.05) is 30.3 Å². The number of nitrogens with two attached hydrogens (primary N) is 1. The van der Waals surface area contributed by atoms with E-state index in [1.807, 2.05) is 30.3 Å². The molecule has 0 atom stereocenters. The molecule has 0 aliphatic rings. The summed E-state index contributed by atoms with van der Waals surface area (Å²) in [5.74, 6) is -2.60. The van der Waals surface area contributed by atoms with Crippen molar-refractivity contribution in [3.63, 3.8) is 0 Å². The molecule has 7 nitrogen and oxygen atoms in total. The molecule has 0 saturated heterocycles. The summed E-state index contributed by atoms with van der Waals surface area (Å²) in [5.41, 5.74) is 6.35. The van der Waals surface area contributed by atoms with Gasteiger partial charge in [-0.15, -0.1) is 9.19 Å². The van der Waals surface area contributed by atoms with Crippen LogP contribution in [0.2, 0.25) is 0 Å². The molecule has 0 radical (unpaired) electrons. The molecule has 130 valence electrons. The van der Waals surface area contributed by atoms with E-state index < -0.39 is 26.6 Å². The average Bonchev–Trinajstić information content (AvgIpc) is 2.95. The molecular formula is C15H13F2N5O2S. The summed E-state index contributed by atoms with van der Waals surface area (Å²) in [7, 11) is -4.44. The van der Waals surface area contributed by atoms with E-state index in [9.17, 15) is 17.2 Å². The van der Waals surface area contributed by atoms with Crippen molar-refractivity contribution in [2.24, 2.45) is 0 Å². The maximum Gasteiger partial charge on any atom is 0.289 e. The standard InChI is InChI=1S/C15H13F2N5O2S/c16-11-6-7-13(12(17)8-11)25(23,24)22-15(20-14(18)21-22)19-9-10-4-2-1-3-5-10/h1-8H,9H2,(H3,18,19,20,21). The maximum absolute atomic E-state index is 13.9. The first-order valence-corrected chi connectivity index (χ1v) is 8.53. The van der Waals surface area contributed by atoms with Crippen molar-refractivity contribution in [2.45, 2.75) is 11.4 Å². The number of nitrogens with zero attached hydrogens (tertiary/aromatic N) is 3. The van der Waals surface area contributed by atoms with Crippen LogP contribution >= 0.6 is 0 Å². The van der Waals surface area contributed by atoms with Crippen LogP contribution in [-0.2, 0) is 16.6 Å². The minimum atomic E-state index is -4.44. The number of benzene rings is 2. The number of hydrogen-bond acceptors (Lipinski definition) is 6. The van der Waals surface area contributed by atoms with Crippen LogP contribution in [0.15, 0.2) is 53.4 Å². The highest BCUT2D eigenvalue weighted by molar-refractivity contribution is 7.90. The highest BCUT2D eigenvalue weighted by Crippen LogP contribution is 2.21. The predicted octanol–water partition coefficient (Wildman–Crippen LogP) is 1.99. The van der Waals surface area contributed by atoms with Gasteiger partial charge in [0.05, 0.1) is 0 Å². The largest absolute Gasteiger partial charge is 0.366 e. The zero-order chi connectivity index (χ0) is 18.0. The lowest BCUT2D eigenvalue weighted by atomic mass is 10.2. The van der Waals surface area contributed by atoms with E-state index in [1.54, 1.807) is 0 Å². The summed E-state index contributed by atoms with van der Waals surface area (Å²) < 4.78 is 52.6. The van der Waals surface area contributed by atoms with Crippen LogP contribution in [0.4, 0.5) is 20.7 Å². The van der Waals surface area contributed by atoms with Gasteiger partial charge in [-0.2, -0.15) is 13.4 Å². The molecule has 2 aromatic carbocycles. The smallest absolute Gasteiger partial charge is 0.289 e. The molecule has 0 saturated carbocycles. The molecule has 3 rings (SSSR count). The van der Waals surface area contributed by atoms with E-state index >= 15 is 0 Å². The summed E-state index contributed by atoms with van der Waals surface area (Å²) >= 11 is 0. The molecule has 10 heteroatoms. The minimum absolute atomic E-state index is 0.176. The lowest BCUT2D eigenvalue weighted by Crippen LogP contribution is -2.19. The molecule has 1 aromatic heterocycles. The molecule has 1 heterocycles. The monoisotopic (exact) mass is 365 g/mol. The molecule has 0 unspecified atom stereocenters. The number of aromatic nitrogens is 3. The van der Waals surface area contributed by atoms with Crippen molar-refractivity contribution in [2.75, 3.05) is 11.1 Å². The second-order valence-corrected chi connectivity index (χ2v) is 6.79. The quantitative estimate of drug-likeness (QED) is 0.717. The van der Waals surface area contributed by atoms with Crippen LogP contribution in [-0.4, -0.2) is 22.6 Å². The Labute approximate surface area is 142 Å². The second-order valence-electron chi connectivity index (χ2n) is 5.06. The van der Waals surface area contributed by atoms with Gasteiger partial charge in [-0.05, 0) is 17.7 Å². The minimum Gasteiger partial charge on any atom is -0.366 e. The molecular weight excluding hydrogens is 352 g/mol. The Morgan fingerprint density at radius 2 is 1.84 bits per heavy atom. The lowest BCUT2D eigenvalue weighted by molar-refractivity contribution is 0.542. The summed E-state index contributed by atoms with van der Waals surface area (Å²) in [6.45, 7) is 0.250. The molecule has 0 amide bonds. The third-order valence-corrected chi connectivity index (χ3v) is 4.88. The predicted molar refractivity (Wildman–Crippen MR) is 87.1 cm³/mol. The van der Waals surface area contributed by atoms with Crippen LogP contribution in [0.3, 0.4) is 0 Å². The van der Waals surface area contributed by atoms with Crippen LogP contribution in [0.1, 0.15) is 5.56 Å². The third kappa shape index (κ3) is 3.43. The van der Waals surface area contributed by atoms with Crippen molar-refractivity contribution >= 4 is 21.9 Å². The normalized spacial score (nSPS) is 11.4. The van der Waals surface area contributed by atoms with Crippen molar-refractivity contribution in [1.82, 2.24) is 14.2 Å². The number of halogens is 2. The van der Waals surface area contributed by atoms with Gasteiger partial charge in [0, 0.05) is 12.6 Å². The highest BCUT2D eigenvalue weighted by Gasteiger charge is 2.27. The molecule has 0 fully saturated rings. The van der Waals surface area contributed by atoms with E-state index in [4.69, 9.17) is 5.73 Å². The Hall–Kier alpha value is -3.01. The van der Waals surface area contributed by atoms with Crippen molar-refractivity contribution in [1.29, 1.82) is 0 Å². The van der Waals surface area contributed by atoms with Crippen molar-refractivity contribution in [3.8, 4) is 0 Å². The topological polar surface area (TPSA) is 103 Å². The van der Waals surface area contributed by atoms with Gasteiger partial charge in [0.1, 0.15) is 16.5 Å². The van der Waals surface area contributed by atoms with Crippen LogP contribution in [0, 0.1) is 11.6 Å². The first-order chi connectivity index (χ1) is 11.9. The van der Waals surface area contributed by atoms with Gasteiger partial charge in [0.15, 0.2) is 0 Å². The van der Waals surface area contributed by atoms with Crippen LogP contribution in [0.25, 0.3) is 0 Å². The molecule has 0 spiro atoms. The summed E-state index contributed by atoms with van der Waals surface area (Å²) in [6, 6.07) is 11.3. The van der Waals surface area contributed by atoms with Gasteiger partial charge in [0.25, 0.3) is 10.0 Å². The fourth-order valence-corrected chi connectivity index (χ4v) is 3.40. The molecule has 3 aromatic rings. The van der Waals surface area contributed by atoms with Gasteiger partial charge in [-0.3, -0.25) is 0 Å². The number of rotatable bonds is 5. The maximum atomic E-state index is 13.9. The van der Waals surface area contributed by atoms with Crippen molar-refractivity contribution in [3.05, 3.63) is 65.7 Å².